The van der Waals surface area contributed by atoms with Gasteiger partial charge in [0.2, 0.25) is 0 Å². The second-order valence-electron chi connectivity index (χ2n) is 6.64. The monoisotopic (exact) mass is 306 g/mol. The maximum Gasteiger partial charge on any atom is 0.252 e. The summed E-state index contributed by atoms with van der Waals surface area (Å²) >= 11 is 1.78. The average molecular weight is 306 g/mol. The zero-order valence-corrected chi connectivity index (χ0v) is 14.0. The third-order valence-corrected chi connectivity index (χ3v) is 5.99. The van der Waals surface area contributed by atoms with E-state index >= 15 is 0 Å². The molecule has 1 aliphatic carbocycles. The summed E-state index contributed by atoms with van der Waals surface area (Å²) in [5.74, 6) is 0.164. The molecule has 3 rings (SSSR count). The Morgan fingerprint density at radius 3 is 2.71 bits per heavy atom. The Morgan fingerprint density at radius 1 is 1.29 bits per heavy atom. The number of nitrogens with zero attached hydrogens (tertiary/aromatic N) is 1. The van der Waals surface area contributed by atoms with Crippen molar-refractivity contribution in [2.24, 2.45) is 0 Å². The summed E-state index contributed by atoms with van der Waals surface area (Å²) in [5.41, 5.74) is 2.30. The number of thiophene rings is 1. The molecule has 3 nitrogen and oxygen atoms in total. The summed E-state index contributed by atoms with van der Waals surface area (Å²) in [6.45, 7) is 6.70. The van der Waals surface area contributed by atoms with Crippen molar-refractivity contribution in [3.63, 3.8) is 0 Å². The first-order valence-corrected chi connectivity index (χ1v) is 9.17. The molecule has 1 saturated heterocycles. The molecule has 21 heavy (non-hydrogen) atoms. The molecule has 0 radical (unpaired) electrons. The Hall–Kier alpha value is -0.870. The number of carbonyl (C=O) groups is 1. The predicted octanol–water partition coefficient (Wildman–Crippen LogP) is 3.23. The van der Waals surface area contributed by atoms with Crippen LogP contribution in [0.3, 0.4) is 0 Å². The van der Waals surface area contributed by atoms with Crippen molar-refractivity contribution in [2.75, 3.05) is 13.1 Å². The molecule has 4 heteroatoms. The van der Waals surface area contributed by atoms with Gasteiger partial charge in [-0.25, -0.2) is 0 Å². The standard InChI is InChI=1S/C17H26N2OS/c1-12(2)19-9-7-13(8-10-19)18-17(20)15-11-21-16-6-4-3-5-14(15)16/h11-13H,3-10H2,1-2H3,(H,18,20). The van der Waals surface area contributed by atoms with Crippen molar-refractivity contribution in [1.82, 2.24) is 10.2 Å². The molecule has 1 fully saturated rings. The maximum atomic E-state index is 12.5. The van der Waals surface area contributed by atoms with E-state index in [1.54, 1.807) is 11.3 Å². The van der Waals surface area contributed by atoms with E-state index in [0.717, 1.165) is 37.9 Å². The lowest BCUT2D eigenvalue weighted by atomic mass is 9.95. The average Bonchev–Trinajstić information content (AvgIpc) is 2.92. The molecule has 1 N–H and O–H groups in total. The van der Waals surface area contributed by atoms with Gasteiger partial charge >= 0.3 is 0 Å². The molecule has 0 unspecified atom stereocenters. The lowest BCUT2D eigenvalue weighted by Gasteiger charge is -2.34. The van der Waals surface area contributed by atoms with Crippen LogP contribution in [0.5, 0.6) is 0 Å². The summed E-state index contributed by atoms with van der Waals surface area (Å²) in [4.78, 5) is 16.5. The van der Waals surface area contributed by atoms with E-state index < -0.39 is 0 Å². The van der Waals surface area contributed by atoms with Crippen LogP contribution in [0.15, 0.2) is 5.38 Å². The van der Waals surface area contributed by atoms with Gasteiger partial charge < -0.3 is 10.2 Å². The van der Waals surface area contributed by atoms with Crippen molar-refractivity contribution in [3.8, 4) is 0 Å². The van der Waals surface area contributed by atoms with Gasteiger partial charge in [-0.3, -0.25) is 4.79 Å². The van der Waals surface area contributed by atoms with Crippen LogP contribution in [-0.2, 0) is 12.8 Å². The van der Waals surface area contributed by atoms with Gasteiger partial charge in [0.15, 0.2) is 0 Å². The molecule has 1 aromatic heterocycles. The van der Waals surface area contributed by atoms with Crippen molar-refractivity contribution in [1.29, 1.82) is 0 Å². The Balaban J connectivity index is 1.59. The summed E-state index contributed by atoms with van der Waals surface area (Å²) < 4.78 is 0. The van der Waals surface area contributed by atoms with E-state index in [-0.39, 0.29) is 5.91 Å². The molecule has 0 bridgehead atoms. The summed E-state index contributed by atoms with van der Waals surface area (Å²) in [6, 6.07) is 0.970. The number of amides is 1. The van der Waals surface area contributed by atoms with Crippen LogP contribution >= 0.6 is 11.3 Å². The number of rotatable bonds is 3. The van der Waals surface area contributed by atoms with E-state index in [2.05, 4.69) is 29.4 Å². The fourth-order valence-electron chi connectivity index (χ4n) is 3.51. The molecule has 116 valence electrons. The van der Waals surface area contributed by atoms with E-state index in [9.17, 15) is 4.79 Å². The van der Waals surface area contributed by atoms with Gasteiger partial charge in [0.05, 0.1) is 5.56 Å². The third-order valence-electron chi connectivity index (χ3n) is 4.90. The van der Waals surface area contributed by atoms with E-state index in [4.69, 9.17) is 0 Å². The van der Waals surface area contributed by atoms with Gasteiger partial charge in [0.25, 0.3) is 5.91 Å². The SMILES string of the molecule is CC(C)N1CCC(NC(=O)c2csc3c2CCCC3)CC1. The van der Waals surface area contributed by atoms with E-state index in [1.807, 2.05) is 0 Å². The zero-order chi connectivity index (χ0) is 14.8. The second kappa shape index (κ2) is 6.49. The number of hydrogen-bond donors (Lipinski definition) is 1. The molecule has 0 saturated carbocycles. The summed E-state index contributed by atoms with van der Waals surface area (Å²) in [5, 5.41) is 5.35. The number of aryl methyl sites for hydroxylation is 1. The quantitative estimate of drug-likeness (QED) is 0.930. The van der Waals surface area contributed by atoms with Gasteiger partial charge in [-0.1, -0.05) is 0 Å². The Bertz CT molecular complexity index is 501. The Kier molecular flexibility index (Phi) is 4.65. The van der Waals surface area contributed by atoms with Crippen molar-refractivity contribution < 1.29 is 4.79 Å². The molecule has 0 aromatic carbocycles. The molecule has 1 aromatic rings. The zero-order valence-electron chi connectivity index (χ0n) is 13.2. The number of fused-ring (bicyclic) bond motifs is 1. The number of hydrogen-bond acceptors (Lipinski definition) is 3. The smallest absolute Gasteiger partial charge is 0.252 e. The van der Waals surface area contributed by atoms with Crippen molar-refractivity contribution in [2.45, 2.75) is 64.5 Å². The highest BCUT2D eigenvalue weighted by Gasteiger charge is 2.25. The summed E-state index contributed by atoms with van der Waals surface area (Å²) in [7, 11) is 0. The minimum Gasteiger partial charge on any atom is -0.349 e. The van der Waals surface area contributed by atoms with Crippen molar-refractivity contribution >= 4 is 17.2 Å². The van der Waals surface area contributed by atoms with Crippen LogP contribution < -0.4 is 5.32 Å². The van der Waals surface area contributed by atoms with Gasteiger partial charge in [-0.2, -0.15) is 0 Å². The Labute approximate surface area is 131 Å². The van der Waals surface area contributed by atoms with Crippen LogP contribution in [0.1, 0.15) is 60.3 Å². The molecule has 2 heterocycles. The van der Waals surface area contributed by atoms with Gasteiger partial charge in [-0.05, 0) is 57.9 Å². The topological polar surface area (TPSA) is 32.3 Å². The van der Waals surface area contributed by atoms with Crippen LogP contribution in [0, 0.1) is 0 Å². The fourth-order valence-corrected chi connectivity index (χ4v) is 4.63. The molecule has 0 spiro atoms. The van der Waals surface area contributed by atoms with Crippen LogP contribution in [-0.4, -0.2) is 36.0 Å². The van der Waals surface area contributed by atoms with Gasteiger partial charge in [0, 0.05) is 35.4 Å². The molecule has 1 amide bonds. The first-order valence-electron chi connectivity index (χ1n) is 8.29. The largest absolute Gasteiger partial charge is 0.349 e. The first kappa shape index (κ1) is 15.0. The molecular formula is C17H26N2OS. The normalized spacial score (nSPS) is 20.5. The minimum absolute atomic E-state index is 0.164. The highest BCUT2D eigenvalue weighted by molar-refractivity contribution is 7.10. The van der Waals surface area contributed by atoms with E-state index in [1.165, 1.54) is 29.7 Å². The molecule has 2 aliphatic rings. The third kappa shape index (κ3) is 3.32. The fraction of sp³-hybridized carbons (Fsp3) is 0.706. The molecule has 0 atom stereocenters. The lowest BCUT2D eigenvalue weighted by Crippen LogP contribution is -2.46. The minimum atomic E-state index is 0.164. The predicted molar refractivity (Wildman–Crippen MR) is 88.2 cm³/mol. The molecular weight excluding hydrogens is 280 g/mol. The van der Waals surface area contributed by atoms with Crippen LogP contribution in [0.2, 0.25) is 0 Å². The number of nitrogens with one attached hydrogen (secondary N) is 1. The van der Waals surface area contributed by atoms with Crippen LogP contribution in [0.25, 0.3) is 0 Å². The first-order chi connectivity index (χ1) is 10.1. The lowest BCUT2D eigenvalue weighted by molar-refractivity contribution is 0.0900. The summed E-state index contributed by atoms with van der Waals surface area (Å²) in [6.07, 6.45) is 6.93. The number of likely N-dealkylation sites (tertiary alicyclic amines) is 1. The van der Waals surface area contributed by atoms with Gasteiger partial charge in [-0.15, -0.1) is 11.3 Å². The number of carbonyl (C=O) groups excluding carboxylic acids is 1. The van der Waals surface area contributed by atoms with Crippen LogP contribution in [0.4, 0.5) is 0 Å². The van der Waals surface area contributed by atoms with E-state index in [0.29, 0.717) is 12.1 Å². The highest BCUT2D eigenvalue weighted by atomic mass is 32.1. The highest BCUT2D eigenvalue weighted by Crippen LogP contribution is 2.30. The van der Waals surface area contributed by atoms with Gasteiger partial charge in [0.1, 0.15) is 0 Å². The number of piperidine rings is 1. The molecule has 1 aliphatic heterocycles. The maximum absolute atomic E-state index is 12.5. The Morgan fingerprint density at radius 2 is 2.00 bits per heavy atom. The second-order valence-corrected chi connectivity index (χ2v) is 7.60. The van der Waals surface area contributed by atoms with Crippen molar-refractivity contribution in [3.05, 3.63) is 21.4 Å².